The number of nitrogens with zero attached hydrogens (tertiary/aromatic N) is 2. The van der Waals surface area contributed by atoms with E-state index in [2.05, 4.69) is 4.98 Å². The second-order valence-corrected chi connectivity index (χ2v) is 4.83. The molecular formula is C13H17FN2O2. The standard InChI is InChI=1S/C13H17FN2O2/c1-13(18-2)6-4-8-16(9-13)12(17)10-5-3-7-15-11(10)14/h3,5,7H,4,6,8-9H2,1-2H3. The van der Waals surface area contributed by atoms with E-state index in [1.165, 1.54) is 12.3 Å². The van der Waals surface area contributed by atoms with Gasteiger partial charge in [0.15, 0.2) is 0 Å². The van der Waals surface area contributed by atoms with Crippen molar-refractivity contribution in [1.29, 1.82) is 0 Å². The first-order valence-electron chi connectivity index (χ1n) is 6.01. The molecular weight excluding hydrogens is 235 g/mol. The number of rotatable bonds is 2. The predicted octanol–water partition coefficient (Wildman–Crippen LogP) is 1.86. The Balaban J connectivity index is 2.17. The monoisotopic (exact) mass is 252 g/mol. The minimum Gasteiger partial charge on any atom is -0.377 e. The second kappa shape index (κ2) is 5.02. The third kappa shape index (κ3) is 2.51. The van der Waals surface area contributed by atoms with Gasteiger partial charge in [-0.1, -0.05) is 0 Å². The fourth-order valence-electron chi connectivity index (χ4n) is 2.26. The van der Waals surface area contributed by atoms with Gasteiger partial charge in [0.1, 0.15) is 0 Å². The maximum absolute atomic E-state index is 13.5. The lowest BCUT2D eigenvalue weighted by atomic mass is 9.94. The molecule has 1 aromatic heterocycles. The normalized spacial score (nSPS) is 24.1. The minimum absolute atomic E-state index is 0.0258. The zero-order valence-electron chi connectivity index (χ0n) is 10.6. The number of amides is 1. The Morgan fingerprint density at radius 2 is 2.39 bits per heavy atom. The summed E-state index contributed by atoms with van der Waals surface area (Å²) in [6.07, 6.45) is 3.10. The number of hydrogen-bond donors (Lipinski definition) is 0. The molecule has 0 bridgehead atoms. The van der Waals surface area contributed by atoms with Crippen LogP contribution in [-0.4, -0.2) is 41.6 Å². The zero-order chi connectivity index (χ0) is 13.2. The molecule has 0 aliphatic carbocycles. The highest BCUT2D eigenvalue weighted by Crippen LogP contribution is 2.25. The van der Waals surface area contributed by atoms with Gasteiger partial charge in [0, 0.05) is 26.4 Å². The Morgan fingerprint density at radius 3 is 3.06 bits per heavy atom. The van der Waals surface area contributed by atoms with Crippen molar-refractivity contribution in [2.45, 2.75) is 25.4 Å². The highest BCUT2D eigenvalue weighted by Gasteiger charge is 2.34. The van der Waals surface area contributed by atoms with E-state index in [0.717, 1.165) is 12.8 Å². The van der Waals surface area contributed by atoms with Crippen LogP contribution in [0, 0.1) is 5.95 Å². The summed E-state index contributed by atoms with van der Waals surface area (Å²) in [6.45, 7) is 3.08. The number of carbonyl (C=O) groups excluding carboxylic acids is 1. The largest absolute Gasteiger partial charge is 0.377 e. The van der Waals surface area contributed by atoms with Crippen molar-refractivity contribution in [2.75, 3.05) is 20.2 Å². The quantitative estimate of drug-likeness (QED) is 0.754. The molecule has 1 aliphatic rings. The van der Waals surface area contributed by atoms with Gasteiger partial charge >= 0.3 is 0 Å². The van der Waals surface area contributed by atoms with Gasteiger partial charge < -0.3 is 9.64 Å². The highest BCUT2D eigenvalue weighted by atomic mass is 19.1. The fraction of sp³-hybridized carbons (Fsp3) is 0.538. The number of carbonyl (C=O) groups is 1. The average Bonchev–Trinajstić information content (AvgIpc) is 2.39. The Hall–Kier alpha value is -1.49. The van der Waals surface area contributed by atoms with E-state index < -0.39 is 5.95 Å². The molecule has 1 saturated heterocycles. The Bertz CT molecular complexity index is 452. The van der Waals surface area contributed by atoms with Crippen molar-refractivity contribution in [3.8, 4) is 0 Å². The number of aromatic nitrogens is 1. The third-order valence-corrected chi connectivity index (χ3v) is 3.43. The van der Waals surface area contributed by atoms with E-state index in [1.807, 2.05) is 6.92 Å². The molecule has 2 rings (SSSR count). The van der Waals surface area contributed by atoms with E-state index in [-0.39, 0.29) is 17.1 Å². The van der Waals surface area contributed by atoms with Crippen molar-refractivity contribution in [3.63, 3.8) is 0 Å². The second-order valence-electron chi connectivity index (χ2n) is 4.83. The molecule has 2 heterocycles. The van der Waals surface area contributed by atoms with Crippen LogP contribution in [0.4, 0.5) is 4.39 Å². The van der Waals surface area contributed by atoms with Gasteiger partial charge in [-0.2, -0.15) is 4.39 Å². The van der Waals surface area contributed by atoms with Gasteiger partial charge in [0.05, 0.1) is 11.2 Å². The topological polar surface area (TPSA) is 42.4 Å². The molecule has 5 heteroatoms. The van der Waals surface area contributed by atoms with Crippen LogP contribution in [0.5, 0.6) is 0 Å². The molecule has 98 valence electrons. The van der Waals surface area contributed by atoms with E-state index in [1.54, 1.807) is 18.1 Å². The van der Waals surface area contributed by atoms with Crippen LogP contribution < -0.4 is 0 Å². The molecule has 0 aromatic carbocycles. The van der Waals surface area contributed by atoms with Crippen LogP contribution in [0.3, 0.4) is 0 Å². The summed E-state index contributed by atoms with van der Waals surface area (Å²) < 4.78 is 18.9. The summed E-state index contributed by atoms with van der Waals surface area (Å²) in [6, 6.07) is 3.03. The predicted molar refractivity (Wildman–Crippen MR) is 64.7 cm³/mol. The molecule has 0 spiro atoms. The summed E-state index contributed by atoms with van der Waals surface area (Å²) in [5.41, 5.74) is -0.315. The molecule has 1 aliphatic heterocycles. The number of pyridine rings is 1. The highest BCUT2D eigenvalue weighted by molar-refractivity contribution is 5.94. The number of piperidine rings is 1. The van der Waals surface area contributed by atoms with Crippen LogP contribution in [0.15, 0.2) is 18.3 Å². The van der Waals surface area contributed by atoms with E-state index >= 15 is 0 Å². The lowest BCUT2D eigenvalue weighted by Crippen LogP contribution is -2.49. The van der Waals surface area contributed by atoms with Crippen LogP contribution in [-0.2, 0) is 4.74 Å². The van der Waals surface area contributed by atoms with Crippen LogP contribution in [0.25, 0.3) is 0 Å². The molecule has 4 nitrogen and oxygen atoms in total. The van der Waals surface area contributed by atoms with Crippen LogP contribution in [0.2, 0.25) is 0 Å². The molecule has 1 amide bonds. The lowest BCUT2D eigenvalue weighted by molar-refractivity contribution is -0.0441. The molecule has 18 heavy (non-hydrogen) atoms. The van der Waals surface area contributed by atoms with Crippen LogP contribution in [0.1, 0.15) is 30.1 Å². The summed E-state index contributed by atoms with van der Waals surface area (Å²) >= 11 is 0. The first-order valence-corrected chi connectivity index (χ1v) is 6.01. The molecule has 1 fully saturated rings. The first kappa shape index (κ1) is 13.0. The Kier molecular flexibility index (Phi) is 3.61. The summed E-state index contributed by atoms with van der Waals surface area (Å²) in [5.74, 6) is -1.03. The van der Waals surface area contributed by atoms with E-state index in [0.29, 0.717) is 13.1 Å². The van der Waals surface area contributed by atoms with Gasteiger partial charge in [-0.05, 0) is 31.9 Å². The third-order valence-electron chi connectivity index (χ3n) is 3.43. The lowest BCUT2D eigenvalue weighted by Gasteiger charge is -2.39. The number of methoxy groups -OCH3 is 1. The maximum atomic E-state index is 13.5. The SMILES string of the molecule is COC1(C)CCCN(C(=O)c2cccnc2F)C1. The molecule has 0 N–H and O–H groups in total. The Morgan fingerprint density at radius 1 is 1.61 bits per heavy atom. The van der Waals surface area contributed by atoms with Crippen LogP contribution >= 0.6 is 0 Å². The number of ether oxygens (including phenoxy) is 1. The average molecular weight is 252 g/mol. The minimum atomic E-state index is -0.716. The van der Waals surface area contributed by atoms with Crippen molar-refractivity contribution >= 4 is 5.91 Å². The number of halogens is 1. The zero-order valence-corrected chi connectivity index (χ0v) is 10.6. The van der Waals surface area contributed by atoms with Gasteiger partial charge in [0.2, 0.25) is 5.95 Å². The van der Waals surface area contributed by atoms with Crippen molar-refractivity contribution in [2.24, 2.45) is 0 Å². The molecule has 0 saturated carbocycles. The van der Waals surface area contributed by atoms with Gasteiger partial charge in [-0.15, -0.1) is 0 Å². The Labute approximate surface area is 106 Å². The molecule has 1 unspecified atom stereocenters. The van der Waals surface area contributed by atoms with Gasteiger partial charge in [0.25, 0.3) is 5.91 Å². The molecule has 1 atom stereocenters. The van der Waals surface area contributed by atoms with Crippen molar-refractivity contribution in [1.82, 2.24) is 9.88 Å². The first-order chi connectivity index (χ1) is 8.56. The smallest absolute Gasteiger partial charge is 0.258 e. The van der Waals surface area contributed by atoms with Gasteiger partial charge in [-0.3, -0.25) is 4.79 Å². The summed E-state index contributed by atoms with van der Waals surface area (Å²) in [4.78, 5) is 17.4. The molecule has 0 radical (unpaired) electrons. The molecule has 1 aromatic rings. The van der Waals surface area contributed by atoms with Gasteiger partial charge in [-0.25, -0.2) is 4.98 Å². The number of likely N-dealkylation sites (tertiary alicyclic amines) is 1. The number of hydrogen-bond acceptors (Lipinski definition) is 3. The summed E-state index contributed by atoms with van der Waals surface area (Å²) in [7, 11) is 1.64. The van der Waals surface area contributed by atoms with E-state index in [4.69, 9.17) is 4.74 Å². The van der Waals surface area contributed by atoms with E-state index in [9.17, 15) is 9.18 Å². The fourth-order valence-corrected chi connectivity index (χ4v) is 2.26. The van der Waals surface area contributed by atoms with Crippen molar-refractivity contribution < 1.29 is 13.9 Å². The summed E-state index contributed by atoms with van der Waals surface area (Å²) in [5, 5.41) is 0. The maximum Gasteiger partial charge on any atom is 0.258 e. The van der Waals surface area contributed by atoms with Crippen molar-refractivity contribution in [3.05, 3.63) is 29.8 Å².